The SMILES string of the molecule is CC.CC(C)C(=O)c1ccccc1NC(=O)CBr. The van der Waals surface area contributed by atoms with Crippen LogP contribution in [-0.4, -0.2) is 17.0 Å². The van der Waals surface area contributed by atoms with E-state index in [-0.39, 0.29) is 22.9 Å². The average molecular weight is 314 g/mol. The maximum absolute atomic E-state index is 11.9. The first-order valence-corrected chi connectivity index (χ1v) is 7.17. The minimum absolute atomic E-state index is 0.0328. The summed E-state index contributed by atoms with van der Waals surface area (Å²) >= 11 is 3.07. The van der Waals surface area contributed by atoms with Gasteiger partial charge in [-0.05, 0) is 12.1 Å². The Labute approximate surface area is 117 Å². The Bertz CT molecular complexity index is 403. The number of amides is 1. The topological polar surface area (TPSA) is 46.2 Å². The highest BCUT2D eigenvalue weighted by molar-refractivity contribution is 9.09. The quantitative estimate of drug-likeness (QED) is 0.677. The van der Waals surface area contributed by atoms with Crippen molar-refractivity contribution >= 4 is 33.3 Å². The number of para-hydroxylation sites is 1. The number of hydrogen-bond acceptors (Lipinski definition) is 2. The van der Waals surface area contributed by atoms with Gasteiger partial charge < -0.3 is 5.32 Å². The van der Waals surface area contributed by atoms with Crippen LogP contribution in [0.15, 0.2) is 24.3 Å². The Balaban J connectivity index is 0.00000137. The Morgan fingerprint density at radius 2 is 1.78 bits per heavy atom. The first kappa shape index (κ1) is 16.8. The van der Waals surface area contributed by atoms with Crippen LogP contribution in [0, 0.1) is 5.92 Å². The van der Waals surface area contributed by atoms with E-state index in [9.17, 15) is 9.59 Å². The maximum atomic E-state index is 11.9. The van der Waals surface area contributed by atoms with Crippen LogP contribution in [0.4, 0.5) is 5.69 Å². The fourth-order valence-electron chi connectivity index (χ4n) is 1.30. The molecule has 0 atom stereocenters. The molecule has 0 bridgehead atoms. The highest BCUT2D eigenvalue weighted by Gasteiger charge is 2.15. The zero-order valence-electron chi connectivity index (χ0n) is 11.3. The number of carbonyl (C=O) groups excluding carboxylic acids is 2. The molecule has 0 saturated heterocycles. The van der Waals surface area contributed by atoms with Gasteiger partial charge >= 0.3 is 0 Å². The fraction of sp³-hybridized carbons (Fsp3) is 0.429. The van der Waals surface area contributed by atoms with Crippen LogP contribution < -0.4 is 5.32 Å². The summed E-state index contributed by atoms with van der Waals surface area (Å²) in [5.74, 6) is -0.212. The predicted octanol–water partition coefficient (Wildman–Crippen LogP) is 3.88. The highest BCUT2D eigenvalue weighted by atomic mass is 79.9. The molecule has 0 unspecified atom stereocenters. The van der Waals surface area contributed by atoms with E-state index in [1.807, 2.05) is 27.7 Å². The van der Waals surface area contributed by atoms with Gasteiger partial charge in [0, 0.05) is 11.5 Å². The molecule has 4 heteroatoms. The molecule has 3 nitrogen and oxygen atoms in total. The number of hydrogen-bond donors (Lipinski definition) is 1. The summed E-state index contributed by atoms with van der Waals surface area (Å²) in [7, 11) is 0. The molecule has 1 N–H and O–H groups in total. The Morgan fingerprint density at radius 1 is 1.22 bits per heavy atom. The van der Waals surface area contributed by atoms with Crippen molar-refractivity contribution in [1.82, 2.24) is 0 Å². The van der Waals surface area contributed by atoms with E-state index in [1.54, 1.807) is 24.3 Å². The van der Waals surface area contributed by atoms with Gasteiger partial charge in [0.15, 0.2) is 5.78 Å². The van der Waals surface area contributed by atoms with E-state index in [1.165, 1.54) is 0 Å². The second-order valence-electron chi connectivity index (χ2n) is 3.75. The molecule has 0 aliphatic carbocycles. The van der Waals surface area contributed by atoms with Crippen molar-refractivity contribution in [2.24, 2.45) is 5.92 Å². The van der Waals surface area contributed by atoms with Gasteiger partial charge in [-0.3, -0.25) is 9.59 Å². The van der Waals surface area contributed by atoms with Crippen LogP contribution in [0.3, 0.4) is 0 Å². The lowest BCUT2D eigenvalue weighted by Gasteiger charge is -2.10. The number of alkyl halides is 1. The van der Waals surface area contributed by atoms with Crippen molar-refractivity contribution < 1.29 is 9.59 Å². The Morgan fingerprint density at radius 3 is 2.28 bits per heavy atom. The number of rotatable bonds is 4. The lowest BCUT2D eigenvalue weighted by Crippen LogP contribution is -2.17. The number of Topliss-reactive ketones (excluding diaryl/α,β-unsaturated/α-hetero) is 1. The zero-order valence-corrected chi connectivity index (χ0v) is 12.9. The van der Waals surface area contributed by atoms with Gasteiger partial charge in [-0.25, -0.2) is 0 Å². The summed E-state index contributed by atoms with van der Waals surface area (Å²) in [6, 6.07) is 7.04. The Hall–Kier alpha value is -1.16. The van der Waals surface area contributed by atoms with E-state index < -0.39 is 0 Å². The lowest BCUT2D eigenvalue weighted by atomic mass is 9.99. The number of benzene rings is 1. The van der Waals surface area contributed by atoms with E-state index in [2.05, 4.69) is 21.2 Å². The zero-order chi connectivity index (χ0) is 14.1. The summed E-state index contributed by atoms with van der Waals surface area (Å²) in [5.41, 5.74) is 1.14. The molecule has 0 heterocycles. The van der Waals surface area contributed by atoms with Gasteiger partial charge in [-0.1, -0.05) is 55.8 Å². The minimum atomic E-state index is -0.163. The van der Waals surface area contributed by atoms with Crippen LogP contribution in [-0.2, 0) is 4.79 Å². The van der Waals surface area contributed by atoms with Crippen LogP contribution >= 0.6 is 15.9 Å². The number of nitrogens with one attached hydrogen (secondary N) is 1. The molecule has 1 amide bonds. The van der Waals surface area contributed by atoms with Crippen LogP contribution in [0.5, 0.6) is 0 Å². The molecular formula is C14H20BrNO2. The molecule has 0 aromatic heterocycles. The van der Waals surface area contributed by atoms with Crippen LogP contribution in [0.25, 0.3) is 0 Å². The van der Waals surface area contributed by atoms with Gasteiger partial charge in [0.2, 0.25) is 5.91 Å². The minimum Gasteiger partial charge on any atom is -0.325 e. The summed E-state index contributed by atoms with van der Waals surface area (Å²) in [6.07, 6.45) is 0. The normalized spacial score (nSPS) is 9.44. The van der Waals surface area contributed by atoms with Gasteiger partial charge in [0.05, 0.1) is 11.0 Å². The van der Waals surface area contributed by atoms with Crippen molar-refractivity contribution in [2.45, 2.75) is 27.7 Å². The van der Waals surface area contributed by atoms with E-state index in [0.717, 1.165) is 0 Å². The highest BCUT2D eigenvalue weighted by Crippen LogP contribution is 2.18. The summed E-state index contributed by atoms with van der Waals surface area (Å²) < 4.78 is 0. The maximum Gasteiger partial charge on any atom is 0.235 e. The molecule has 0 radical (unpaired) electrons. The summed E-state index contributed by atoms with van der Waals surface area (Å²) in [4.78, 5) is 23.1. The molecule has 0 aliphatic heterocycles. The lowest BCUT2D eigenvalue weighted by molar-refractivity contribution is -0.113. The number of halogens is 1. The number of carbonyl (C=O) groups is 2. The summed E-state index contributed by atoms with van der Waals surface area (Å²) in [6.45, 7) is 7.68. The number of anilines is 1. The average Bonchev–Trinajstić information content (AvgIpc) is 2.40. The molecule has 0 fully saturated rings. The van der Waals surface area contributed by atoms with Crippen LogP contribution in [0.2, 0.25) is 0 Å². The van der Waals surface area contributed by atoms with Gasteiger partial charge in [0.1, 0.15) is 0 Å². The van der Waals surface area contributed by atoms with E-state index in [0.29, 0.717) is 11.3 Å². The molecule has 0 aliphatic rings. The second-order valence-corrected chi connectivity index (χ2v) is 4.31. The van der Waals surface area contributed by atoms with Crippen molar-refractivity contribution in [1.29, 1.82) is 0 Å². The molecule has 1 aromatic rings. The van der Waals surface area contributed by atoms with E-state index in [4.69, 9.17) is 0 Å². The smallest absolute Gasteiger partial charge is 0.235 e. The monoisotopic (exact) mass is 313 g/mol. The van der Waals surface area contributed by atoms with Gasteiger partial charge in [-0.15, -0.1) is 0 Å². The predicted molar refractivity (Wildman–Crippen MR) is 79.4 cm³/mol. The van der Waals surface area contributed by atoms with Crippen molar-refractivity contribution in [3.05, 3.63) is 29.8 Å². The van der Waals surface area contributed by atoms with Crippen LogP contribution in [0.1, 0.15) is 38.1 Å². The summed E-state index contributed by atoms with van der Waals surface area (Å²) in [5, 5.41) is 2.91. The van der Waals surface area contributed by atoms with Crippen molar-refractivity contribution in [3.63, 3.8) is 0 Å². The van der Waals surface area contributed by atoms with Gasteiger partial charge in [0.25, 0.3) is 0 Å². The third kappa shape index (κ3) is 5.00. The molecule has 1 aromatic carbocycles. The van der Waals surface area contributed by atoms with Crippen molar-refractivity contribution in [3.8, 4) is 0 Å². The first-order valence-electron chi connectivity index (χ1n) is 6.05. The van der Waals surface area contributed by atoms with E-state index >= 15 is 0 Å². The molecule has 0 saturated carbocycles. The van der Waals surface area contributed by atoms with Gasteiger partial charge in [-0.2, -0.15) is 0 Å². The Kier molecular flexibility index (Phi) is 8.29. The molecule has 100 valence electrons. The molecular weight excluding hydrogens is 294 g/mol. The molecule has 1 rings (SSSR count). The number of ketones is 1. The third-order valence-electron chi connectivity index (χ3n) is 2.11. The van der Waals surface area contributed by atoms with Crippen molar-refractivity contribution in [2.75, 3.05) is 10.6 Å². The third-order valence-corrected chi connectivity index (χ3v) is 2.62. The molecule has 18 heavy (non-hydrogen) atoms. The standard InChI is InChI=1S/C12H14BrNO2.C2H6/c1-8(2)12(16)9-5-3-4-6-10(9)14-11(15)7-13;1-2/h3-6,8H,7H2,1-2H3,(H,14,15);1-2H3. The second kappa shape index (κ2) is 8.86. The largest absolute Gasteiger partial charge is 0.325 e. The molecule has 0 spiro atoms. The first-order chi connectivity index (χ1) is 8.56. The fourth-order valence-corrected chi connectivity index (χ4v) is 1.44.